The first kappa shape index (κ1) is 47.2. The molecule has 0 radical (unpaired) electrons. The summed E-state index contributed by atoms with van der Waals surface area (Å²) in [7, 11) is -9.83. The van der Waals surface area contributed by atoms with Crippen LogP contribution < -0.4 is 80.3 Å². The number of fused-ring (bicyclic) bond motifs is 1. The van der Waals surface area contributed by atoms with Crippen LogP contribution in [0.4, 0.5) is 29.0 Å². The van der Waals surface area contributed by atoms with E-state index in [1.165, 1.54) is 60.7 Å². The fraction of sp³-hybridized carbons (Fsp3) is 0.0714. The Bertz CT molecular complexity index is 2420. The molecule has 3 aromatic rings. The van der Waals surface area contributed by atoms with Gasteiger partial charge in [-0.05, 0) is 83.5 Å². The number of anilines is 3. The van der Waals surface area contributed by atoms with Gasteiger partial charge < -0.3 is 20.3 Å². The number of para-hydroxylation sites is 2. The second kappa shape index (κ2) is 21.0. The Labute approximate surface area is 376 Å². The van der Waals surface area contributed by atoms with Crippen LogP contribution in [0.15, 0.2) is 110 Å². The van der Waals surface area contributed by atoms with Gasteiger partial charge in [0.2, 0.25) is 21.6 Å². The number of nitrogens with zero attached hydrogens (tertiary/aromatic N) is 6. The van der Waals surface area contributed by atoms with Gasteiger partial charge in [0.15, 0.2) is 5.11 Å². The number of rotatable bonds is 14. The molecule has 28 heteroatoms. The summed E-state index contributed by atoms with van der Waals surface area (Å²) < 4.78 is 74.6. The molecule has 0 atom stereocenters. The topological polar surface area (TPSA) is 305 Å². The Balaban J connectivity index is 0.00000420. The number of nitro benzene ring substituents is 1. The van der Waals surface area contributed by atoms with Crippen LogP contribution in [0, 0.1) is 10.1 Å². The van der Waals surface area contributed by atoms with E-state index in [1.54, 1.807) is 6.07 Å². The van der Waals surface area contributed by atoms with Crippen molar-refractivity contribution >= 4 is 102 Å². The number of benzene rings is 2. The summed E-state index contributed by atoms with van der Waals surface area (Å²) >= 11 is 12.0. The molecule has 0 saturated heterocycles. The number of allylic oxidation sites excluding steroid dienone is 7. The Morgan fingerprint density at radius 1 is 1.00 bits per heavy atom. The molecule has 2 aliphatic carbocycles. The van der Waals surface area contributed by atoms with Crippen molar-refractivity contribution < 1.29 is 108 Å². The summed E-state index contributed by atoms with van der Waals surface area (Å²) in [6, 6.07) is 11.8. The van der Waals surface area contributed by atoms with Crippen LogP contribution in [0.1, 0.15) is 0 Å². The molecule has 0 unspecified atom stereocenters. The normalized spacial score (nSPS) is 15.2. The quantitative estimate of drug-likeness (QED) is 0.0145. The van der Waals surface area contributed by atoms with Gasteiger partial charge in [-0.2, -0.15) is 32.8 Å². The predicted octanol–water partition coefficient (Wildman–Crippen LogP) is -2.88. The molecule has 2 aliphatic rings. The maximum atomic E-state index is 13.4. The Hall–Kier alpha value is -3.22. The van der Waals surface area contributed by atoms with Crippen molar-refractivity contribution in [2.75, 3.05) is 29.3 Å². The molecular weight excluding hydrogens is 864 g/mol. The minimum Gasteiger partial charge on any atom is -0.871 e. The first-order valence-corrected chi connectivity index (χ1v) is 18.7. The van der Waals surface area contributed by atoms with Crippen LogP contribution in [0.25, 0.3) is 0 Å². The van der Waals surface area contributed by atoms with Gasteiger partial charge in [-0.15, -0.1) is 0 Å². The Morgan fingerprint density at radius 2 is 1.71 bits per heavy atom. The largest absolute Gasteiger partial charge is 1.00 e. The van der Waals surface area contributed by atoms with E-state index in [2.05, 4.69) is 50.2 Å². The number of thiocarbonyl (C=S) groups is 1. The van der Waals surface area contributed by atoms with E-state index in [1.807, 2.05) is 0 Å². The van der Waals surface area contributed by atoms with Crippen molar-refractivity contribution in [2.45, 2.75) is 4.90 Å². The number of hydrazone groups is 1. The van der Waals surface area contributed by atoms with Crippen molar-refractivity contribution in [2.24, 2.45) is 10.1 Å². The van der Waals surface area contributed by atoms with Crippen LogP contribution in [-0.4, -0.2) is 75.6 Å². The molecule has 0 aliphatic heterocycles. The van der Waals surface area contributed by atoms with Gasteiger partial charge >= 0.3 is 59.1 Å². The summed E-state index contributed by atoms with van der Waals surface area (Å²) in [5.41, 5.74) is 2.33. The molecule has 4 N–H and O–H groups in total. The number of hydrogen-bond donors (Lipinski definition) is 4. The van der Waals surface area contributed by atoms with Crippen molar-refractivity contribution in [1.29, 1.82) is 0 Å². The molecule has 0 bridgehead atoms. The summed E-state index contributed by atoms with van der Waals surface area (Å²) in [5, 5.41) is 33.6. The maximum Gasteiger partial charge on any atom is 1.00 e. The zero-order valence-electron chi connectivity index (χ0n) is 28.5. The molecule has 2 aromatic carbocycles. The smallest absolute Gasteiger partial charge is 0.871 e. The molecule has 1 heterocycles. The Morgan fingerprint density at radius 3 is 2.39 bits per heavy atom. The van der Waals surface area contributed by atoms with Gasteiger partial charge in [-0.3, -0.25) is 24.3 Å². The zero-order chi connectivity index (χ0) is 39.0. The minimum absolute atomic E-state index is 0. The molecule has 21 nitrogen and oxygen atoms in total. The Kier molecular flexibility index (Phi) is 17.7. The van der Waals surface area contributed by atoms with E-state index in [4.69, 9.17) is 28.2 Å². The van der Waals surface area contributed by atoms with E-state index >= 15 is 0 Å². The standard InChI is InChI=1S/C28H22ClN9O12S4.2Na/c29-25-32-26(34-27(33-25)35-28(51)31-20-3-1-2-4-21(20)38(40)41)30-17-7-10-19-15(13-17)14-22(53(42,43)44)23(24(19)39)37-36-16-5-8-18(9-6-16)52-50-48-11-12-49-54(45,46)47;;/h1-10,13-14,36,39H,11-12H2,(H,42,43,44)(H,45,46,47)(H2,31,32,33,34,35,51);;/q;2*+1/p-2. The van der Waals surface area contributed by atoms with E-state index in [9.17, 15) is 41.2 Å². The molecule has 0 saturated carbocycles. The minimum atomic E-state index is -4.98. The van der Waals surface area contributed by atoms with Crippen LogP contribution in [0.3, 0.4) is 0 Å². The number of aromatic nitrogens is 3. The van der Waals surface area contributed by atoms with Crippen LogP contribution >= 0.6 is 35.9 Å². The van der Waals surface area contributed by atoms with Gasteiger partial charge in [0.05, 0.1) is 40.7 Å². The molecule has 5 rings (SSSR count). The summed E-state index contributed by atoms with van der Waals surface area (Å²) in [4.78, 5) is 31.3. The summed E-state index contributed by atoms with van der Waals surface area (Å²) in [6.45, 7) is -0.898. The van der Waals surface area contributed by atoms with Crippen LogP contribution in [0.5, 0.6) is 0 Å². The van der Waals surface area contributed by atoms with E-state index in [0.717, 1.165) is 18.1 Å². The third-order valence-electron chi connectivity index (χ3n) is 6.42. The van der Waals surface area contributed by atoms with Gasteiger partial charge in [0.1, 0.15) is 17.2 Å². The number of aliphatic imine (C=N–C) groups is 1. The fourth-order valence-electron chi connectivity index (χ4n) is 4.23. The van der Waals surface area contributed by atoms with Crippen molar-refractivity contribution in [3.63, 3.8) is 0 Å². The monoisotopic (exact) mass is 883 g/mol. The average molecular weight is 884 g/mol. The maximum absolute atomic E-state index is 13.4. The molecule has 0 fully saturated rings. The number of halogens is 1. The molecule has 282 valence electrons. The van der Waals surface area contributed by atoms with E-state index in [0.29, 0.717) is 10.6 Å². The zero-order valence-corrected chi connectivity index (χ0v) is 36.5. The fourth-order valence-corrected chi connectivity index (χ4v) is 5.95. The van der Waals surface area contributed by atoms with E-state index in [-0.39, 0.29) is 116 Å². The summed E-state index contributed by atoms with van der Waals surface area (Å²) in [6.07, 6.45) is 5.10. The molecule has 1 aromatic heterocycles. The van der Waals surface area contributed by atoms with Crippen molar-refractivity contribution in [3.8, 4) is 0 Å². The second-order valence-corrected chi connectivity index (χ2v) is 14.0. The number of hydrogen-bond acceptors (Lipinski definition) is 19. The van der Waals surface area contributed by atoms with Gasteiger partial charge in [0, 0.05) is 11.0 Å². The first-order chi connectivity index (χ1) is 25.6. The first-order valence-electron chi connectivity index (χ1n) is 14.4. The van der Waals surface area contributed by atoms with Gasteiger partial charge in [0.25, 0.3) is 21.8 Å². The third-order valence-corrected chi connectivity index (χ3v) is 8.74. The van der Waals surface area contributed by atoms with Gasteiger partial charge in [-0.25, -0.2) is 18.3 Å². The van der Waals surface area contributed by atoms with Crippen LogP contribution in [-0.2, 0) is 33.9 Å². The van der Waals surface area contributed by atoms with Gasteiger partial charge in [-0.1, -0.05) is 24.0 Å². The molecule has 56 heavy (non-hydrogen) atoms. The van der Waals surface area contributed by atoms with Crippen LogP contribution in [0.2, 0.25) is 5.28 Å². The third kappa shape index (κ3) is 13.7. The SMILES string of the molecule is O=[N+]([O-])c1ccccc1NC(=S)Nc1nc(Cl)nc(N=C2C=CC3=C([O-])C(=NNc4ccc(SOOCCOS(=O)(=O)[O-])cc4)C(S(=O)(=O)O)=CC3=C2)n1.[Na+].[Na+]. The van der Waals surface area contributed by atoms with Crippen molar-refractivity contribution in [3.05, 3.63) is 110 Å². The van der Waals surface area contributed by atoms with E-state index < -0.39 is 48.4 Å². The average Bonchev–Trinajstić information content (AvgIpc) is 3.08. The summed E-state index contributed by atoms with van der Waals surface area (Å²) in [5.74, 6) is -1.25. The second-order valence-electron chi connectivity index (χ2n) is 10.1. The molecule has 0 spiro atoms. The molecular formula is C28H20ClN9Na2O12S4. The number of nitro groups is 1. The molecule has 0 amide bonds. The number of nitrogens with one attached hydrogen (secondary N) is 3. The predicted molar refractivity (Wildman–Crippen MR) is 195 cm³/mol. The van der Waals surface area contributed by atoms with Crippen molar-refractivity contribution in [1.82, 2.24) is 15.0 Å².